The largest absolute Gasteiger partial charge is 0.383 e. The molecule has 6 nitrogen and oxygen atoms in total. The zero-order valence-electron chi connectivity index (χ0n) is 21.6. The van der Waals surface area contributed by atoms with Crippen molar-refractivity contribution in [1.82, 2.24) is 19.6 Å². The van der Waals surface area contributed by atoms with Crippen molar-refractivity contribution >= 4 is 5.57 Å². The normalized spacial score (nSPS) is 21.2. The third-order valence-electron chi connectivity index (χ3n) is 7.41. The highest BCUT2D eigenvalue weighted by Crippen LogP contribution is 2.26. The van der Waals surface area contributed by atoms with Crippen LogP contribution in [0.2, 0.25) is 0 Å². The summed E-state index contributed by atoms with van der Waals surface area (Å²) in [7, 11) is 3.97. The van der Waals surface area contributed by atoms with E-state index < -0.39 is 0 Å². The van der Waals surface area contributed by atoms with E-state index in [-0.39, 0.29) is 0 Å². The van der Waals surface area contributed by atoms with Crippen molar-refractivity contribution in [1.29, 1.82) is 5.26 Å². The van der Waals surface area contributed by atoms with E-state index >= 15 is 0 Å². The van der Waals surface area contributed by atoms with Gasteiger partial charge in [-0.25, -0.2) is 0 Å². The molecular formula is C29H41N5O. The van der Waals surface area contributed by atoms with Crippen LogP contribution >= 0.6 is 0 Å². The lowest BCUT2D eigenvalue weighted by Gasteiger charge is -2.34. The van der Waals surface area contributed by atoms with Gasteiger partial charge in [-0.1, -0.05) is 36.4 Å². The van der Waals surface area contributed by atoms with Crippen molar-refractivity contribution in [3.8, 4) is 6.07 Å². The second-order valence-electron chi connectivity index (χ2n) is 10.0. The molecule has 1 aromatic rings. The van der Waals surface area contributed by atoms with Crippen LogP contribution in [0.25, 0.3) is 5.57 Å². The molecule has 4 rings (SSSR count). The summed E-state index contributed by atoms with van der Waals surface area (Å²) in [5, 5.41) is 9.92. The second kappa shape index (κ2) is 13.2. The Bertz CT molecular complexity index is 968. The first-order chi connectivity index (χ1) is 17.1. The Kier molecular flexibility index (Phi) is 9.70. The molecule has 0 amide bonds. The van der Waals surface area contributed by atoms with Crippen LogP contribution in [0, 0.1) is 11.3 Å². The maximum absolute atomic E-state index is 9.92. The van der Waals surface area contributed by atoms with Crippen molar-refractivity contribution < 1.29 is 4.74 Å². The quantitative estimate of drug-likeness (QED) is 0.575. The molecule has 0 bridgehead atoms. The van der Waals surface area contributed by atoms with Gasteiger partial charge in [0.25, 0.3) is 0 Å². The Hall–Kier alpha value is -2.27. The molecule has 2 aliphatic heterocycles. The molecule has 1 aliphatic carbocycles. The smallest absolute Gasteiger partial charge is 0.0998 e. The standard InChI is InChI=1S/C29H41N5O/c1-31-11-4-12-33(14-13-31)24-26-8-10-29(28(21-26)22-30)27-6-3-5-25(7-9-27)23-34-17-15-32(16-18-34)19-20-35-2/h5-10,21H,3-4,11-20,23-24H2,1-2H3. The first kappa shape index (κ1) is 25.8. The van der Waals surface area contributed by atoms with Crippen LogP contribution in [0.4, 0.5) is 0 Å². The van der Waals surface area contributed by atoms with Crippen molar-refractivity contribution in [2.75, 3.05) is 86.2 Å². The van der Waals surface area contributed by atoms with E-state index in [2.05, 4.69) is 75.2 Å². The van der Waals surface area contributed by atoms with Gasteiger partial charge in [0.05, 0.1) is 18.2 Å². The number of hydrogen-bond acceptors (Lipinski definition) is 6. The van der Waals surface area contributed by atoms with Crippen LogP contribution in [0.3, 0.4) is 0 Å². The highest BCUT2D eigenvalue weighted by Gasteiger charge is 2.18. The molecule has 2 saturated heterocycles. The van der Waals surface area contributed by atoms with Gasteiger partial charge < -0.3 is 9.64 Å². The predicted octanol–water partition coefficient (Wildman–Crippen LogP) is 3.23. The lowest BCUT2D eigenvalue weighted by atomic mass is 9.97. The molecule has 6 heteroatoms. The number of piperazine rings is 1. The lowest BCUT2D eigenvalue weighted by Crippen LogP contribution is -2.47. The fourth-order valence-electron chi connectivity index (χ4n) is 5.19. The molecule has 0 unspecified atom stereocenters. The third-order valence-corrected chi connectivity index (χ3v) is 7.41. The molecule has 35 heavy (non-hydrogen) atoms. The van der Waals surface area contributed by atoms with Gasteiger partial charge >= 0.3 is 0 Å². The second-order valence-corrected chi connectivity index (χ2v) is 10.0. The average Bonchev–Trinajstić information content (AvgIpc) is 3.23. The Balaban J connectivity index is 1.34. The van der Waals surface area contributed by atoms with Crippen LogP contribution in [-0.2, 0) is 11.3 Å². The molecule has 3 aliphatic rings. The maximum atomic E-state index is 9.92. The molecule has 0 spiro atoms. The third kappa shape index (κ3) is 7.60. The summed E-state index contributed by atoms with van der Waals surface area (Å²) in [5.41, 5.74) is 5.57. The van der Waals surface area contributed by atoms with Crippen molar-refractivity contribution in [2.24, 2.45) is 0 Å². The van der Waals surface area contributed by atoms with Crippen LogP contribution < -0.4 is 0 Å². The van der Waals surface area contributed by atoms with Crippen LogP contribution in [-0.4, -0.2) is 106 Å². The number of benzene rings is 1. The van der Waals surface area contributed by atoms with Gasteiger partial charge in [-0.15, -0.1) is 0 Å². The molecule has 0 radical (unpaired) electrons. The Morgan fingerprint density at radius 3 is 2.46 bits per heavy atom. The lowest BCUT2D eigenvalue weighted by molar-refractivity contribution is 0.101. The number of hydrogen-bond donors (Lipinski definition) is 0. The van der Waals surface area contributed by atoms with Crippen LogP contribution in [0.1, 0.15) is 29.5 Å². The van der Waals surface area contributed by atoms with E-state index in [0.717, 1.165) is 95.2 Å². The Labute approximate surface area is 211 Å². The highest BCUT2D eigenvalue weighted by atomic mass is 16.5. The molecule has 2 fully saturated rings. The van der Waals surface area contributed by atoms with E-state index in [1.54, 1.807) is 7.11 Å². The maximum Gasteiger partial charge on any atom is 0.0998 e. The number of ether oxygens (including phenoxy) is 1. The molecule has 188 valence electrons. The van der Waals surface area contributed by atoms with Crippen molar-refractivity contribution in [3.63, 3.8) is 0 Å². The summed E-state index contributed by atoms with van der Waals surface area (Å²) in [5.74, 6) is 0. The van der Waals surface area contributed by atoms with Crippen molar-refractivity contribution in [3.05, 3.63) is 64.8 Å². The number of allylic oxidation sites excluding steroid dienone is 4. The van der Waals surface area contributed by atoms with Crippen LogP contribution in [0.15, 0.2) is 48.1 Å². The first-order valence-electron chi connectivity index (χ1n) is 13.1. The minimum atomic E-state index is 0.779. The highest BCUT2D eigenvalue weighted by molar-refractivity contribution is 5.79. The summed E-state index contributed by atoms with van der Waals surface area (Å²) in [4.78, 5) is 9.94. The van der Waals surface area contributed by atoms with Gasteiger partial charge in [-0.3, -0.25) is 14.7 Å². The number of nitriles is 1. The van der Waals surface area contributed by atoms with Gasteiger partial charge in [0.2, 0.25) is 0 Å². The summed E-state index contributed by atoms with van der Waals surface area (Å²) < 4.78 is 5.22. The molecule has 1 aromatic carbocycles. The topological polar surface area (TPSA) is 46.0 Å². The van der Waals surface area contributed by atoms with Gasteiger partial charge in [0.15, 0.2) is 0 Å². The minimum Gasteiger partial charge on any atom is -0.383 e. The van der Waals surface area contributed by atoms with Gasteiger partial charge in [0, 0.05) is 66.0 Å². The van der Waals surface area contributed by atoms with Gasteiger partial charge in [-0.05, 0) is 61.3 Å². The molecule has 0 N–H and O–H groups in total. The fraction of sp³-hybridized carbons (Fsp3) is 0.552. The Morgan fingerprint density at radius 1 is 0.886 bits per heavy atom. The fourth-order valence-corrected chi connectivity index (χ4v) is 5.19. The SMILES string of the molecule is COCCN1CCN(CC2=CCC=C(c3ccc(CN4CCCN(C)CC4)cc3C#N)C=C2)CC1. The monoisotopic (exact) mass is 475 g/mol. The minimum absolute atomic E-state index is 0.779. The molecule has 2 heterocycles. The Morgan fingerprint density at radius 2 is 1.66 bits per heavy atom. The van der Waals surface area contributed by atoms with Gasteiger partial charge in [-0.2, -0.15) is 5.26 Å². The summed E-state index contributed by atoms with van der Waals surface area (Å²) >= 11 is 0. The predicted molar refractivity (Wildman–Crippen MR) is 143 cm³/mol. The van der Waals surface area contributed by atoms with Crippen LogP contribution in [0.5, 0.6) is 0 Å². The van der Waals surface area contributed by atoms with E-state index in [0.29, 0.717) is 0 Å². The molecule has 0 aromatic heterocycles. The molecule has 0 saturated carbocycles. The zero-order valence-corrected chi connectivity index (χ0v) is 21.6. The number of likely N-dealkylation sites (N-methyl/N-ethyl adjacent to an activating group) is 1. The van der Waals surface area contributed by atoms with E-state index in [1.807, 2.05) is 0 Å². The van der Waals surface area contributed by atoms with E-state index in [9.17, 15) is 5.26 Å². The number of rotatable bonds is 8. The molecular weight excluding hydrogens is 434 g/mol. The number of nitrogens with zero attached hydrogens (tertiary/aromatic N) is 5. The van der Waals surface area contributed by atoms with E-state index in [4.69, 9.17) is 4.74 Å². The average molecular weight is 476 g/mol. The summed E-state index contributed by atoms with van der Waals surface area (Å²) in [6, 6.07) is 8.92. The zero-order chi connectivity index (χ0) is 24.5. The van der Waals surface area contributed by atoms with Crippen molar-refractivity contribution in [2.45, 2.75) is 19.4 Å². The number of methoxy groups -OCH3 is 1. The first-order valence-corrected chi connectivity index (χ1v) is 13.1. The van der Waals surface area contributed by atoms with Gasteiger partial charge in [0.1, 0.15) is 0 Å². The summed E-state index contributed by atoms with van der Waals surface area (Å²) in [6.45, 7) is 12.6. The molecule has 0 atom stereocenters. The summed E-state index contributed by atoms with van der Waals surface area (Å²) in [6.07, 6.45) is 11.1. The van der Waals surface area contributed by atoms with E-state index in [1.165, 1.54) is 24.1 Å².